The summed E-state index contributed by atoms with van der Waals surface area (Å²) >= 11 is 0. The predicted molar refractivity (Wildman–Crippen MR) is 59.2 cm³/mol. The summed E-state index contributed by atoms with van der Waals surface area (Å²) < 4.78 is 0. The van der Waals surface area contributed by atoms with Gasteiger partial charge in [0.05, 0.1) is 0 Å². The third-order valence-corrected chi connectivity index (χ3v) is 1.12. The van der Waals surface area contributed by atoms with Crippen LogP contribution in [0.3, 0.4) is 0 Å². The van der Waals surface area contributed by atoms with Crippen molar-refractivity contribution in [3.05, 3.63) is 33.7 Å². The lowest BCUT2D eigenvalue weighted by molar-refractivity contribution is 1.12. The van der Waals surface area contributed by atoms with Crippen LogP contribution < -0.4 is 5.56 Å². The molecule has 1 N–H and O–H groups in total. The maximum absolute atomic E-state index is 10.7. The molecule has 2 heteroatoms. The number of nitrogens with one attached hydrogen (secondary N) is 1. The van der Waals surface area contributed by atoms with Crippen molar-refractivity contribution in [1.29, 1.82) is 0 Å². The van der Waals surface area contributed by atoms with Gasteiger partial charge in [0.15, 0.2) is 0 Å². The van der Waals surface area contributed by atoms with Crippen LogP contribution in [0.2, 0.25) is 0 Å². The zero-order valence-corrected chi connectivity index (χ0v) is 9.56. The van der Waals surface area contributed by atoms with Gasteiger partial charge in [-0.25, -0.2) is 0 Å². The van der Waals surface area contributed by atoms with Crippen LogP contribution in [-0.4, -0.2) is 4.98 Å². The fourth-order valence-electron chi connectivity index (χ4n) is 0.856. The molecular weight excluding hydrogens is 162 g/mol. The van der Waals surface area contributed by atoms with E-state index in [-0.39, 0.29) is 5.56 Å². The largest absolute Gasteiger partial charge is 0.327 e. The number of rotatable bonds is 0. The molecule has 0 atom stereocenters. The van der Waals surface area contributed by atoms with Crippen LogP contribution in [0.4, 0.5) is 0 Å². The Morgan fingerprint density at radius 2 is 1.46 bits per heavy atom. The number of hydrogen-bond donors (Lipinski definition) is 1. The second-order valence-corrected chi connectivity index (χ2v) is 2.20. The third kappa shape index (κ3) is 7.32. The minimum Gasteiger partial charge on any atom is -0.327 e. The first-order valence-electron chi connectivity index (χ1n) is 4.86. The predicted octanol–water partition coefficient (Wildman–Crippen LogP) is 3.04. The number of pyridine rings is 1. The van der Waals surface area contributed by atoms with Crippen molar-refractivity contribution in [3.8, 4) is 0 Å². The van der Waals surface area contributed by atoms with Gasteiger partial charge in [0.2, 0.25) is 5.56 Å². The molecule has 0 radical (unpaired) electrons. The molecular formula is C11H21NO. The van der Waals surface area contributed by atoms with Gasteiger partial charge in [-0.05, 0) is 25.5 Å². The summed E-state index contributed by atoms with van der Waals surface area (Å²) in [6.07, 6.45) is 0. The highest BCUT2D eigenvalue weighted by Crippen LogP contribution is 1.92. The summed E-state index contributed by atoms with van der Waals surface area (Å²) in [6, 6.07) is 3.51. The van der Waals surface area contributed by atoms with E-state index < -0.39 is 0 Å². The van der Waals surface area contributed by atoms with Crippen LogP contribution in [-0.2, 0) is 0 Å². The molecule has 0 bridgehead atoms. The minimum absolute atomic E-state index is 0.0208. The van der Waals surface area contributed by atoms with E-state index in [1.165, 1.54) is 0 Å². The Morgan fingerprint density at radius 3 is 1.77 bits per heavy atom. The van der Waals surface area contributed by atoms with E-state index >= 15 is 0 Å². The van der Waals surface area contributed by atoms with E-state index in [4.69, 9.17) is 0 Å². The molecule has 0 amide bonds. The molecule has 0 aliphatic heterocycles. The van der Waals surface area contributed by atoms with Crippen molar-refractivity contribution in [2.24, 2.45) is 0 Å². The second-order valence-electron chi connectivity index (χ2n) is 2.20. The Bertz CT molecular complexity index is 240. The van der Waals surface area contributed by atoms with Gasteiger partial charge in [0, 0.05) is 11.8 Å². The first-order chi connectivity index (χ1) is 6.18. The molecule has 0 saturated heterocycles. The van der Waals surface area contributed by atoms with E-state index in [1.54, 1.807) is 6.07 Å². The highest BCUT2D eigenvalue weighted by Gasteiger charge is 1.86. The van der Waals surface area contributed by atoms with Crippen LogP contribution in [0.25, 0.3) is 0 Å². The molecule has 0 aliphatic carbocycles. The van der Waals surface area contributed by atoms with Crippen molar-refractivity contribution in [2.75, 3.05) is 0 Å². The minimum atomic E-state index is -0.0208. The average Bonchev–Trinajstić information content (AvgIpc) is 2.09. The van der Waals surface area contributed by atoms with Gasteiger partial charge in [-0.2, -0.15) is 0 Å². The lowest BCUT2D eigenvalue weighted by Crippen LogP contribution is -2.05. The number of H-pyrrole nitrogens is 1. The maximum Gasteiger partial charge on any atom is 0.248 e. The molecule has 1 aromatic heterocycles. The van der Waals surface area contributed by atoms with Gasteiger partial charge in [0.25, 0.3) is 0 Å². The standard InChI is InChI=1S/C7H9NO.2C2H6/c1-5-3-6(2)8-7(9)4-5;2*1-2/h3-4H,1-2H3,(H,8,9);2*1-2H3. The highest BCUT2D eigenvalue weighted by atomic mass is 16.1. The lowest BCUT2D eigenvalue weighted by Gasteiger charge is -1.91. The first-order valence-corrected chi connectivity index (χ1v) is 4.86. The topological polar surface area (TPSA) is 32.9 Å². The molecule has 2 nitrogen and oxygen atoms in total. The van der Waals surface area contributed by atoms with Gasteiger partial charge in [-0.1, -0.05) is 27.7 Å². The van der Waals surface area contributed by atoms with Crippen molar-refractivity contribution in [2.45, 2.75) is 41.5 Å². The Morgan fingerprint density at radius 1 is 1.00 bits per heavy atom. The molecule has 0 spiro atoms. The number of aromatic nitrogens is 1. The average molecular weight is 183 g/mol. The van der Waals surface area contributed by atoms with Crippen LogP contribution >= 0.6 is 0 Å². The highest BCUT2D eigenvalue weighted by molar-refractivity contribution is 5.12. The summed E-state index contributed by atoms with van der Waals surface area (Å²) in [7, 11) is 0. The number of aryl methyl sites for hydroxylation is 2. The van der Waals surface area contributed by atoms with E-state index in [1.807, 2.05) is 47.6 Å². The summed E-state index contributed by atoms with van der Waals surface area (Å²) in [5, 5.41) is 0. The fourth-order valence-corrected chi connectivity index (χ4v) is 0.856. The number of aromatic amines is 1. The quantitative estimate of drug-likeness (QED) is 0.659. The van der Waals surface area contributed by atoms with Crippen LogP contribution in [0.5, 0.6) is 0 Å². The molecule has 1 aromatic rings. The molecule has 0 aliphatic rings. The van der Waals surface area contributed by atoms with Gasteiger partial charge in [-0.15, -0.1) is 0 Å². The monoisotopic (exact) mass is 183 g/mol. The smallest absolute Gasteiger partial charge is 0.248 e. The molecule has 0 unspecified atom stereocenters. The van der Waals surface area contributed by atoms with Crippen LogP contribution in [0, 0.1) is 13.8 Å². The van der Waals surface area contributed by atoms with Crippen molar-refractivity contribution in [1.82, 2.24) is 4.98 Å². The second kappa shape index (κ2) is 9.04. The van der Waals surface area contributed by atoms with E-state index in [9.17, 15) is 4.79 Å². The van der Waals surface area contributed by atoms with Gasteiger partial charge >= 0.3 is 0 Å². The molecule has 0 aromatic carbocycles. The molecule has 13 heavy (non-hydrogen) atoms. The van der Waals surface area contributed by atoms with Crippen LogP contribution in [0.1, 0.15) is 39.0 Å². The summed E-state index contributed by atoms with van der Waals surface area (Å²) in [5.41, 5.74) is 1.91. The summed E-state index contributed by atoms with van der Waals surface area (Å²) in [5.74, 6) is 0. The zero-order valence-electron chi connectivity index (χ0n) is 9.56. The molecule has 0 fully saturated rings. The van der Waals surface area contributed by atoms with Gasteiger partial charge in [-0.3, -0.25) is 4.79 Å². The third-order valence-electron chi connectivity index (χ3n) is 1.12. The Balaban J connectivity index is 0. The van der Waals surface area contributed by atoms with E-state index in [2.05, 4.69) is 4.98 Å². The Labute approximate surface area is 81.0 Å². The molecule has 1 heterocycles. The first kappa shape index (κ1) is 14.5. The van der Waals surface area contributed by atoms with Crippen molar-refractivity contribution in [3.63, 3.8) is 0 Å². The Kier molecular flexibility index (Phi) is 10.1. The zero-order chi connectivity index (χ0) is 10.9. The van der Waals surface area contributed by atoms with Gasteiger partial charge < -0.3 is 4.98 Å². The fraction of sp³-hybridized carbons (Fsp3) is 0.545. The molecule has 1 rings (SSSR count). The van der Waals surface area contributed by atoms with Crippen LogP contribution in [0.15, 0.2) is 16.9 Å². The SMILES string of the molecule is CC.CC.Cc1cc(C)[nH]c(=O)c1. The Hall–Kier alpha value is -1.05. The van der Waals surface area contributed by atoms with Crippen molar-refractivity contribution < 1.29 is 0 Å². The molecule has 76 valence electrons. The molecule has 0 saturated carbocycles. The summed E-state index contributed by atoms with van der Waals surface area (Å²) in [4.78, 5) is 13.3. The van der Waals surface area contributed by atoms with E-state index in [0.29, 0.717) is 0 Å². The van der Waals surface area contributed by atoms with Gasteiger partial charge in [0.1, 0.15) is 0 Å². The number of hydrogen-bond acceptors (Lipinski definition) is 1. The normalized spacial score (nSPS) is 7.54. The van der Waals surface area contributed by atoms with Crippen molar-refractivity contribution >= 4 is 0 Å². The van der Waals surface area contributed by atoms with E-state index in [0.717, 1.165) is 11.3 Å². The maximum atomic E-state index is 10.7. The summed E-state index contributed by atoms with van der Waals surface area (Å²) in [6.45, 7) is 11.8. The lowest BCUT2D eigenvalue weighted by atomic mass is 10.2.